The number of nitrogens with two attached hydrogens (primary N) is 2. The van der Waals surface area contributed by atoms with Crippen LogP contribution in [-0.2, 0) is 4.79 Å². The molecule has 2 amide bonds. The number of halogens is 1. The fraction of sp³-hybridized carbons (Fsp3) is 0.429. The topological polar surface area (TPSA) is 98.2 Å². The van der Waals surface area contributed by atoms with Crippen LogP contribution >= 0.6 is 0 Å². The summed E-state index contributed by atoms with van der Waals surface area (Å²) >= 11 is 0. The number of carbonyl (C=O) groups excluding carboxylic acids is 2. The lowest BCUT2D eigenvalue weighted by atomic mass is 10.0. The number of primary amides is 1. The molecule has 1 aromatic carbocycles. The fourth-order valence-corrected chi connectivity index (χ4v) is 1.82. The van der Waals surface area contributed by atoms with Crippen LogP contribution < -0.4 is 16.8 Å². The minimum Gasteiger partial charge on any atom is -0.366 e. The summed E-state index contributed by atoms with van der Waals surface area (Å²) in [7, 11) is 0. The Morgan fingerprint density at radius 2 is 2.05 bits per heavy atom. The van der Waals surface area contributed by atoms with Gasteiger partial charge >= 0.3 is 0 Å². The van der Waals surface area contributed by atoms with Crippen LogP contribution in [0.15, 0.2) is 18.2 Å². The Bertz CT molecular complexity index is 491. The average Bonchev–Trinajstić information content (AvgIpc) is 2.39. The number of hydrogen-bond acceptors (Lipinski definition) is 3. The fourth-order valence-electron chi connectivity index (χ4n) is 1.82. The van der Waals surface area contributed by atoms with E-state index in [4.69, 9.17) is 11.5 Å². The van der Waals surface area contributed by atoms with E-state index in [0.717, 1.165) is 18.9 Å². The Morgan fingerprint density at radius 3 is 2.65 bits per heavy atom. The van der Waals surface area contributed by atoms with E-state index in [9.17, 15) is 14.0 Å². The summed E-state index contributed by atoms with van der Waals surface area (Å²) in [4.78, 5) is 22.7. The van der Waals surface area contributed by atoms with Gasteiger partial charge in [-0.3, -0.25) is 9.59 Å². The Kier molecular flexibility index (Phi) is 6.11. The molecule has 20 heavy (non-hydrogen) atoms. The Labute approximate surface area is 117 Å². The summed E-state index contributed by atoms with van der Waals surface area (Å²) in [6.45, 7) is 2.63. The first-order valence-corrected chi connectivity index (χ1v) is 6.53. The van der Waals surface area contributed by atoms with Gasteiger partial charge in [-0.05, 0) is 43.5 Å². The molecule has 1 rings (SSSR count). The highest BCUT2D eigenvalue weighted by atomic mass is 19.1. The van der Waals surface area contributed by atoms with Gasteiger partial charge in [0, 0.05) is 12.1 Å². The lowest BCUT2D eigenvalue weighted by molar-refractivity contribution is -0.116. The molecule has 1 unspecified atom stereocenters. The second-order valence-electron chi connectivity index (χ2n) is 4.83. The van der Waals surface area contributed by atoms with Gasteiger partial charge in [-0.2, -0.15) is 0 Å². The van der Waals surface area contributed by atoms with Gasteiger partial charge in [0.05, 0.1) is 5.56 Å². The Morgan fingerprint density at radius 1 is 1.35 bits per heavy atom. The first kappa shape index (κ1) is 16.1. The van der Waals surface area contributed by atoms with Crippen molar-refractivity contribution in [1.29, 1.82) is 0 Å². The van der Waals surface area contributed by atoms with Crippen LogP contribution in [0.1, 0.15) is 36.5 Å². The number of carbonyl (C=O) groups is 2. The van der Waals surface area contributed by atoms with Gasteiger partial charge < -0.3 is 16.8 Å². The van der Waals surface area contributed by atoms with Crippen LogP contribution in [0.25, 0.3) is 0 Å². The number of hydrogen-bond donors (Lipinski definition) is 3. The zero-order valence-electron chi connectivity index (χ0n) is 11.5. The highest BCUT2D eigenvalue weighted by molar-refractivity contribution is 5.96. The summed E-state index contributed by atoms with van der Waals surface area (Å²) in [5.74, 6) is -1.38. The summed E-state index contributed by atoms with van der Waals surface area (Å²) < 4.78 is 13.3. The van der Waals surface area contributed by atoms with E-state index in [1.165, 1.54) is 12.1 Å². The lowest BCUT2D eigenvalue weighted by Crippen LogP contribution is -2.16. The molecule has 0 radical (unpaired) electrons. The van der Waals surface area contributed by atoms with E-state index in [1.54, 1.807) is 0 Å². The zero-order valence-corrected chi connectivity index (χ0v) is 11.5. The number of nitrogens with one attached hydrogen (secondary N) is 1. The molecule has 5 nitrogen and oxygen atoms in total. The van der Waals surface area contributed by atoms with E-state index in [-0.39, 0.29) is 11.5 Å². The monoisotopic (exact) mass is 281 g/mol. The molecule has 0 bridgehead atoms. The number of rotatable bonds is 7. The second kappa shape index (κ2) is 7.59. The summed E-state index contributed by atoms with van der Waals surface area (Å²) in [6, 6.07) is 3.73. The predicted octanol–water partition coefficient (Wildman–Crippen LogP) is 1.63. The zero-order chi connectivity index (χ0) is 15.1. The van der Waals surface area contributed by atoms with E-state index < -0.39 is 11.7 Å². The molecule has 0 saturated heterocycles. The third kappa shape index (κ3) is 4.97. The maximum Gasteiger partial charge on any atom is 0.251 e. The second-order valence-corrected chi connectivity index (χ2v) is 4.83. The molecule has 0 aliphatic heterocycles. The standard InChI is InChI=1S/C14H20FN3O2/c1-9(6-7-16)2-5-13(19)18-10-3-4-12(15)11(8-10)14(17)20/h3-4,8-9H,2,5-7,16H2,1H3,(H2,17,20)(H,18,19). The van der Waals surface area contributed by atoms with Gasteiger partial charge in [-0.15, -0.1) is 0 Å². The normalized spacial score (nSPS) is 11.9. The third-order valence-electron chi connectivity index (χ3n) is 3.04. The van der Waals surface area contributed by atoms with E-state index in [1.807, 2.05) is 6.92 Å². The van der Waals surface area contributed by atoms with Crippen LogP contribution in [0.5, 0.6) is 0 Å². The smallest absolute Gasteiger partial charge is 0.251 e. The van der Waals surface area contributed by atoms with E-state index in [2.05, 4.69) is 5.32 Å². The first-order valence-electron chi connectivity index (χ1n) is 6.53. The number of amides is 2. The van der Waals surface area contributed by atoms with Crippen molar-refractivity contribution in [3.05, 3.63) is 29.6 Å². The molecule has 0 aliphatic carbocycles. The molecule has 0 aliphatic rings. The van der Waals surface area contributed by atoms with Crippen molar-refractivity contribution in [2.45, 2.75) is 26.2 Å². The molecule has 1 aromatic rings. The van der Waals surface area contributed by atoms with Gasteiger partial charge in [-0.1, -0.05) is 6.92 Å². The van der Waals surface area contributed by atoms with Gasteiger partial charge in [0.15, 0.2) is 0 Å². The van der Waals surface area contributed by atoms with E-state index >= 15 is 0 Å². The maximum absolute atomic E-state index is 13.3. The Hall–Kier alpha value is -1.95. The van der Waals surface area contributed by atoms with Crippen molar-refractivity contribution in [2.75, 3.05) is 11.9 Å². The van der Waals surface area contributed by atoms with E-state index in [0.29, 0.717) is 24.6 Å². The third-order valence-corrected chi connectivity index (χ3v) is 3.04. The molecule has 0 aromatic heterocycles. The molecule has 0 saturated carbocycles. The van der Waals surface area contributed by atoms with Crippen molar-refractivity contribution in [3.8, 4) is 0 Å². The van der Waals surface area contributed by atoms with Crippen LogP contribution in [-0.4, -0.2) is 18.4 Å². The average molecular weight is 281 g/mol. The molecule has 0 spiro atoms. The number of anilines is 1. The molecular weight excluding hydrogens is 261 g/mol. The molecule has 1 atom stereocenters. The highest BCUT2D eigenvalue weighted by Crippen LogP contribution is 2.16. The minimum atomic E-state index is -0.866. The van der Waals surface area contributed by atoms with Crippen LogP contribution in [0.4, 0.5) is 10.1 Å². The summed E-state index contributed by atoms with van der Waals surface area (Å²) in [5, 5.41) is 2.62. The SMILES string of the molecule is CC(CCN)CCC(=O)Nc1ccc(F)c(C(N)=O)c1. The van der Waals surface area contributed by atoms with Crippen molar-refractivity contribution in [2.24, 2.45) is 17.4 Å². The first-order chi connectivity index (χ1) is 9.43. The summed E-state index contributed by atoms with van der Waals surface area (Å²) in [6.07, 6.45) is 1.95. The van der Waals surface area contributed by atoms with Crippen molar-refractivity contribution in [1.82, 2.24) is 0 Å². The Balaban J connectivity index is 2.58. The maximum atomic E-state index is 13.3. The lowest BCUT2D eigenvalue weighted by Gasteiger charge is -2.10. The van der Waals surface area contributed by atoms with Gasteiger partial charge in [-0.25, -0.2) is 4.39 Å². The van der Waals surface area contributed by atoms with Gasteiger partial charge in [0.1, 0.15) is 5.82 Å². The van der Waals surface area contributed by atoms with Crippen LogP contribution in [0.3, 0.4) is 0 Å². The molecule has 6 heteroatoms. The quantitative estimate of drug-likeness (QED) is 0.708. The molecule has 5 N–H and O–H groups in total. The summed E-state index contributed by atoms with van der Waals surface area (Å²) in [5.41, 5.74) is 10.6. The van der Waals surface area contributed by atoms with Crippen molar-refractivity contribution in [3.63, 3.8) is 0 Å². The highest BCUT2D eigenvalue weighted by Gasteiger charge is 2.11. The largest absolute Gasteiger partial charge is 0.366 e. The van der Waals surface area contributed by atoms with Gasteiger partial charge in [0.2, 0.25) is 5.91 Å². The van der Waals surface area contributed by atoms with Crippen molar-refractivity contribution >= 4 is 17.5 Å². The van der Waals surface area contributed by atoms with Crippen LogP contribution in [0, 0.1) is 11.7 Å². The molecule has 110 valence electrons. The predicted molar refractivity (Wildman–Crippen MR) is 75.6 cm³/mol. The minimum absolute atomic E-state index is 0.184. The van der Waals surface area contributed by atoms with Crippen LogP contribution in [0.2, 0.25) is 0 Å². The van der Waals surface area contributed by atoms with Crippen molar-refractivity contribution < 1.29 is 14.0 Å². The molecule has 0 heterocycles. The van der Waals surface area contributed by atoms with Gasteiger partial charge in [0.25, 0.3) is 5.91 Å². The molecule has 0 fully saturated rings. The molecular formula is C14H20FN3O2. The number of benzene rings is 1.